The predicted molar refractivity (Wildman–Crippen MR) is 72.6 cm³/mol. The average molecular weight is 244 g/mol. The minimum atomic E-state index is -0.0295. The molecule has 0 spiro atoms. The van der Waals surface area contributed by atoms with Gasteiger partial charge in [0.05, 0.1) is 23.6 Å². The molecule has 96 valence electrons. The van der Waals surface area contributed by atoms with E-state index in [1.54, 1.807) is 4.68 Å². The summed E-state index contributed by atoms with van der Waals surface area (Å²) >= 11 is 0. The lowest BCUT2D eigenvalue weighted by molar-refractivity contribution is 0.670. The molecule has 1 unspecified atom stereocenters. The van der Waals surface area contributed by atoms with Crippen molar-refractivity contribution in [2.24, 2.45) is 5.73 Å². The maximum atomic E-state index is 5.93. The highest BCUT2D eigenvalue weighted by Crippen LogP contribution is 2.14. The van der Waals surface area contributed by atoms with Crippen LogP contribution in [0.4, 0.5) is 0 Å². The molecule has 18 heavy (non-hydrogen) atoms. The van der Waals surface area contributed by atoms with Crippen LogP contribution in [0.1, 0.15) is 44.0 Å². The van der Waals surface area contributed by atoms with Gasteiger partial charge in [-0.1, -0.05) is 37.6 Å². The maximum Gasteiger partial charge on any atom is 0.0998 e. The van der Waals surface area contributed by atoms with Crippen molar-refractivity contribution in [1.82, 2.24) is 15.0 Å². The molecule has 0 saturated heterocycles. The SMILES string of the molecule is CCCc1ccc(-n2cc(C(N)CC)nn2)cc1. The van der Waals surface area contributed by atoms with Gasteiger partial charge in [-0.15, -0.1) is 5.10 Å². The Morgan fingerprint density at radius 1 is 1.22 bits per heavy atom. The largest absolute Gasteiger partial charge is 0.323 e. The Balaban J connectivity index is 2.18. The van der Waals surface area contributed by atoms with Gasteiger partial charge in [-0.25, -0.2) is 4.68 Å². The van der Waals surface area contributed by atoms with E-state index in [1.165, 1.54) is 5.56 Å². The van der Waals surface area contributed by atoms with Gasteiger partial charge in [0.2, 0.25) is 0 Å². The molecule has 0 radical (unpaired) electrons. The van der Waals surface area contributed by atoms with E-state index in [-0.39, 0.29) is 6.04 Å². The lowest BCUT2D eigenvalue weighted by Gasteiger charge is -2.03. The van der Waals surface area contributed by atoms with E-state index in [0.29, 0.717) is 0 Å². The van der Waals surface area contributed by atoms with Gasteiger partial charge < -0.3 is 5.73 Å². The van der Waals surface area contributed by atoms with Crippen molar-refractivity contribution in [3.05, 3.63) is 41.7 Å². The molecule has 0 saturated carbocycles. The van der Waals surface area contributed by atoms with Gasteiger partial charge in [-0.3, -0.25) is 0 Å². The summed E-state index contributed by atoms with van der Waals surface area (Å²) < 4.78 is 1.78. The summed E-state index contributed by atoms with van der Waals surface area (Å²) in [4.78, 5) is 0. The smallest absolute Gasteiger partial charge is 0.0998 e. The van der Waals surface area contributed by atoms with Gasteiger partial charge in [0.1, 0.15) is 0 Å². The molecular formula is C14H20N4. The fourth-order valence-electron chi connectivity index (χ4n) is 1.89. The van der Waals surface area contributed by atoms with Crippen LogP contribution >= 0.6 is 0 Å². The van der Waals surface area contributed by atoms with Crippen LogP contribution in [0.25, 0.3) is 5.69 Å². The summed E-state index contributed by atoms with van der Waals surface area (Å²) in [5, 5.41) is 8.23. The molecule has 2 N–H and O–H groups in total. The van der Waals surface area contributed by atoms with E-state index in [9.17, 15) is 0 Å². The number of nitrogens with two attached hydrogens (primary N) is 1. The molecule has 2 aromatic rings. The van der Waals surface area contributed by atoms with E-state index in [0.717, 1.165) is 30.6 Å². The van der Waals surface area contributed by atoms with Crippen LogP contribution in [-0.2, 0) is 6.42 Å². The van der Waals surface area contributed by atoms with E-state index < -0.39 is 0 Å². The van der Waals surface area contributed by atoms with Crippen LogP contribution < -0.4 is 5.73 Å². The summed E-state index contributed by atoms with van der Waals surface area (Å²) in [5.41, 5.74) is 9.15. The number of aryl methyl sites for hydroxylation is 1. The zero-order chi connectivity index (χ0) is 13.0. The summed E-state index contributed by atoms with van der Waals surface area (Å²) in [6.45, 7) is 4.23. The maximum absolute atomic E-state index is 5.93. The zero-order valence-electron chi connectivity index (χ0n) is 11.0. The molecule has 4 heteroatoms. The third kappa shape index (κ3) is 2.76. The first kappa shape index (κ1) is 12.8. The first-order valence-corrected chi connectivity index (χ1v) is 6.51. The van der Waals surface area contributed by atoms with Crippen LogP contribution in [0.5, 0.6) is 0 Å². The van der Waals surface area contributed by atoms with Crippen LogP contribution in [0.15, 0.2) is 30.5 Å². The minimum absolute atomic E-state index is 0.0295. The second-order valence-corrected chi connectivity index (χ2v) is 4.52. The Morgan fingerprint density at radius 2 is 1.94 bits per heavy atom. The number of hydrogen-bond donors (Lipinski definition) is 1. The molecule has 0 aliphatic carbocycles. The van der Waals surface area contributed by atoms with E-state index in [4.69, 9.17) is 5.73 Å². The van der Waals surface area contributed by atoms with Gasteiger partial charge in [-0.05, 0) is 30.5 Å². The topological polar surface area (TPSA) is 56.7 Å². The first-order chi connectivity index (χ1) is 8.74. The van der Waals surface area contributed by atoms with Gasteiger partial charge in [0.15, 0.2) is 0 Å². The van der Waals surface area contributed by atoms with E-state index in [1.807, 2.05) is 13.1 Å². The van der Waals surface area contributed by atoms with Crippen molar-refractivity contribution >= 4 is 0 Å². The van der Waals surface area contributed by atoms with Crippen LogP contribution in [-0.4, -0.2) is 15.0 Å². The van der Waals surface area contributed by atoms with Gasteiger partial charge >= 0.3 is 0 Å². The van der Waals surface area contributed by atoms with Crippen molar-refractivity contribution < 1.29 is 0 Å². The molecule has 0 fully saturated rings. The third-order valence-electron chi connectivity index (χ3n) is 3.07. The molecule has 1 aromatic heterocycles. The first-order valence-electron chi connectivity index (χ1n) is 6.51. The van der Waals surface area contributed by atoms with E-state index >= 15 is 0 Å². The summed E-state index contributed by atoms with van der Waals surface area (Å²) in [7, 11) is 0. The van der Waals surface area contributed by atoms with Crippen molar-refractivity contribution in [3.63, 3.8) is 0 Å². The zero-order valence-corrected chi connectivity index (χ0v) is 11.0. The molecule has 0 amide bonds. The fourth-order valence-corrected chi connectivity index (χ4v) is 1.89. The van der Waals surface area contributed by atoms with Gasteiger partial charge in [0, 0.05) is 0 Å². The molecule has 2 rings (SSSR count). The van der Waals surface area contributed by atoms with Crippen molar-refractivity contribution in [1.29, 1.82) is 0 Å². The quantitative estimate of drug-likeness (QED) is 0.879. The van der Waals surface area contributed by atoms with Crippen LogP contribution in [0.3, 0.4) is 0 Å². The highest BCUT2D eigenvalue weighted by atomic mass is 15.4. The predicted octanol–water partition coefficient (Wildman–Crippen LogP) is 2.63. The summed E-state index contributed by atoms with van der Waals surface area (Å²) in [6, 6.07) is 8.39. The molecule has 1 heterocycles. The lowest BCUT2D eigenvalue weighted by Crippen LogP contribution is -2.08. The van der Waals surface area contributed by atoms with Crippen molar-refractivity contribution in [2.45, 2.75) is 39.2 Å². The Hall–Kier alpha value is -1.68. The second kappa shape index (κ2) is 5.78. The molecule has 1 atom stereocenters. The Morgan fingerprint density at radius 3 is 2.56 bits per heavy atom. The molecule has 1 aromatic carbocycles. The number of hydrogen-bond acceptors (Lipinski definition) is 3. The minimum Gasteiger partial charge on any atom is -0.323 e. The standard InChI is InChI=1S/C14H20N4/c1-3-5-11-6-8-12(9-7-11)18-10-14(16-17-18)13(15)4-2/h6-10,13H,3-5,15H2,1-2H3. The lowest BCUT2D eigenvalue weighted by atomic mass is 10.1. The number of nitrogens with zero attached hydrogens (tertiary/aromatic N) is 3. The molecule has 0 bridgehead atoms. The van der Waals surface area contributed by atoms with Crippen molar-refractivity contribution in [2.75, 3.05) is 0 Å². The number of aromatic nitrogens is 3. The fraction of sp³-hybridized carbons (Fsp3) is 0.429. The molecule has 0 aliphatic rings. The number of benzene rings is 1. The van der Waals surface area contributed by atoms with Gasteiger partial charge in [0.25, 0.3) is 0 Å². The van der Waals surface area contributed by atoms with Crippen molar-refractivity contribution in [3.8, 4) is 5.69 Å². The Bertz CT molecular complexity index is 487. The van der Waals surface area contributed by atoms with E-state index in [2.05, 4.69) is 41.5 Å². The van der Waals surface area contributed by atoms with Gasteiger partial charge in [-0.2, -0.15) is 0 Å². The molecule has 0 aliphatic heterocycles. The summed E-state index contributed by atoms with van der Waals surface area (Å²) in [6.07, 6.45) is 5.05. The average Bonchev–Trinajstić information content (AvgIpc) is 2.89. The Labute approximate surface area is 108 Å². The monoisotopic (exact) mass is 244 g/mol. The highest BCUT2D eigenvalue weighted by molar-refractivity contribution is 5.34. The number of rotatable bonds is 5. The van der Waals surface area contributed by atoms with Crippen LogP contribution in [0, 0.1) is 0 Å². The summed E-state index contributed by atoms with van der Waals surface area (Å²) in [5.74, 6) is 0. The molecular weight excluding hydrogens is 224 g/mol. The molecule has 4 nitrogen and oxygen atoms in total. The second-order valence-electron chi connectivity index (χ2n) is 4.52. The Kier molecular flexibility index (Phi) is 4.10. The third-order valence-corrected chi connectivity index (χ3v) is 3.07. The normalized spacial score (nSPS) is 12.6. The highest BCUT2D eigenvalue weighted by Gasteiger charge is 2.08. The van der Waals surface area contributed by atoms with Crippen LogP contribution in [0.2, 0.25) is 0 Å².